The number of nitrogens with zero attached hydrogens (tertiary/aromatic N) is 1. The highest BCUT2D eigenvalue weighted by Gasteiger charge is 2.17. The molecule has 0 heterocycles. The van der Waals surface area contributed by atoms with Crippen LogP contribution in [0.15, 0.2) is 18.2 Å². The summed E-state index contributed by atoms with van der Waals surface area (Å²) in [6.45, 7) is 4.77. The molecule has 6 heteroatoms. The molecule has 0 unspecified atom stereocenters. The minimum atomic E-state index is -0.188. The number of hydrogen-bond acceptors (Lipinski definition) is 2. The van der Waals surface area contributed by atoms with Gasteiger partial charge in [-0.2, -0.15) is 0 Å². The lowest BCUT2D eigenvalue weighted by atomic mass is 10.2. The van der Waals surface area contributed by atoms with Gasteiger partial charge in [-0.3, -0.25) is 9.59 Å². The van der Waals surface area contributed by atoms with Gasteiger partial charge in [0.15, 0.2) is 0 Å². The van der Waals surface area contributed by atoms with Gasteiger partial charge in [0.2, 0.25) is 5.91 Å². The van der Waals surface area contributed by atoms with Gasteiger partial charge in [-0.25, -0.2) is 0 Å². The second kappa shape index (κ2) is 7.69. The van der Waals surface area contributed by atoms with Gasteiger partial charge < -0.3 is 10.2 Å². The van der Waals surface area contributed by atoms with Crippen molar-refractivity contribution in [1.82, 2.24) is 10.2 Å². The molecule has 0 radical (unpaired) electrons. The van der Waals surface area contributed by atoms with Gasteiger partial charge in [0.25, 0.3) is 5.91 Å². The van der Waals surface area contributed by atoms with Crippen molar-refractivity contribution < 1.29 is 9.59 Å². The number of hydrogen-bond donors (Lipinski definition) is 1. The normalized spacial score (nSPS) is 10.1. The largest absolute Gasteiger partial charge is 0.355 e. The molecule has 0 atom stereocenters. The van der Waals surface area contributed by atoms with Gasteiger partial charge >= 0.3 is 0 Å². The fraction of sp³-hybridized carbons (Fsp3) is 0.385. The Morgan fingerprint density at radius 3 is 2.58 bits per heavy atom. The topological polar surface area (TPSA) is 49.4 Å². The fourth-order valence-corrected chi connectivity index (χ4v) is 2.08. The summed E-state index contributed by atoms with van der Waals surface area (Å²) < 4.78 is 0.891. The third-order valence-corrected chi connectivity index (χ3v) is 4.12. The zero-order valence-electron chi connectivity index (χ0n) is 10.9. The van der Waals surface area contributed by atoms with Crippen LogP contribution in [0.5, 0.6) is 0 Å². The Balaban J connectivity index is 2.83. The predicted molar refractivity (Wildman–Crippen MR) is 84.4 cm³/mol. The van der Waals surface area contributed by atoms with Crippen molar-refractivity contribution in [3.8, 4) is 0 Å². The average Bonchev–Trinajstić information content (AvgIpc) is 2.38. The molecule has 0 saturated heterocycles. The molecule has 0 aromatic heterocycles. The maximum atomic E-state index is 12.3. The number of nitrogens with one attached hydrogen (secondary N) is 1. The van der Waals surface area contributed by atoms with Crippen molar-refractivity contribution in [2.45, 2.75) is 13.8 Å². The second-order valence-electron chi connectivity index (χ2n) is 3.90. The summed E-state index contributed by atoms with van der Waals surface area (Å²) in [4.78, 5) is 25.3. The van der Waals surface area contributed by atoms with Crippen molar-refractivity contribution in [2.75, 3.05) is 19.6 Å². The minimum Gasteiger partial charge on any atom is -0.355 e. The lowest BCUT2D eigenvalue weighted by molar-refractivity contribution is -0.121. The van der Waals surface area contributed by atoms with Gasteiger partial charge in [0.05, 0.1) is 11.6 Å². The molecule has 2 amide bonds. The Morgan fingerprint density at radius 1 is 1.37 bits per heavy atom. The summed E-state index contributed by atoms with van der Waals surface area (Å²) in [5, 5.41) is 3.22. The van der Waals surface area contributed by atoms with E-state index in [1.54, 1.807) is 18.2 Å². The number of carbonyl (C=O) groups is 2. The van der Waals surface area contributed by atoms with Crippen molar-refractivity contribution in [3.63, 3.8) is 0 Å². The number of amides is 2. The summed E-state index contributed by atoms with van der Waals surface area (Å²) in [7, 11) is 0. The van der Waals surface area contributed by atoms with E-state index in [-0.39, 0.29) is 18.4 Å². The van der Waals surface area contributed by atoms with Crippen molar-refractivity contribution in [1.29, 1.82) is 0 Å². The lowest BCUT2D eigenvalue weighted by Gasteiger charge is -2.20. The first-order chi connectivity index (χ1) is 8.99. The van der Waals surface area contributed by atoms with Crippen LogP contribution in [0.1, 0.15) is 24.2 Å². The summed E-state index contributed by atoms with van der Waals surface area (Å²) in [5.41, 5.74) is 0.497. The van der Waals surface area contributed by atoms with E-state index in [4.69, 9.17) is 11.6 Å². The molecule has 0 bridgehead atoms. The smallest absolute Gasteiger partial charge is 0.254 e. The third kappa shape index (κ3) is 4.65. The zero-order chi connectivity index (χ0) is 14.4. The van der Waals surface area contributed by atoms with Crippen LogP contribution in [-0.2, 0) is 4.79 Å². The molecule has 0 fully saturated rings. The fourth-order valence-electron chi connectivity index (χ4n) is 1.57. The summed E-state index contributed by atoms with van der Waals surface area (Å²) in [6, 6.07) is 5.14. The molecule has 0 saturated carbocycles. The predicted octanol–water partition coefficient (Wildman–Crippen LogP) is 2.54. The zero-order valence-corrected chi connectivity index (χ0v) is 13.8. The van der Waals surface area contributed by atoms with Gasteiger partial charge in [-0.15, -0.1) is 0 Å². The van der Waals surface area contributed by atoms with Crippen LogP contribution >= 0.6 is 34.2 Å². The molecule has 0 aliphatic rings. The monoisotopic (exact) mass is 394 g/mol. The summed E-state index contributed by atoms with van der Waals surface area (Å²) >= 11 is 8.10. The molecular formula is C13H16ClIN2O2. The Labute approximate surface area is 131 Å². The Bertz CT molecular complexity index is 480. The highest BCUT2D eigenvalue weighted by molar-refractivity contribution is 14.1. The van der Waals surface area contributed by atoms with Crippen LogP contribution in [0.3, 0.4) is 0 Å². The highest BCUT2D eigenvalue weighted by atomic mass is 127. The van der Waals surface area contributed by atoms with Gasteiger partial charge in [0, 0.05) is 22.2 Å². The van der Waals surface area contributed by atoms with E-state index in [0.717, 1.165) is 3.57 Å². The number of carbonyl (C=O) groups excluding carboxylic acids is 2. The molecular weight excluding hydrogens is 379 g/mol. The summed E-state index contributed by atoms with van der Waals surface area (Å²) in [6.07, 6.45) is 0. The van der Waals surface area contributed by atoms with Crippen LogP contribution in [-0.4, -0.2) is 36.3 Å². The van der Waals surface area contributed by atoms with E-state index in [1.807, 2.05) is 13.8 Å². The quantitative estimate of drug-likeness (QED) is 0.780. The van der Waals surface area contributed by atoms with Gasteiger partial charge in [-0.1, -0.05) is 11.6 Å². The number of halogens is 2. The summed E-state index contributed by atoms with van der Waals surface area (Å²) in [5.74, 6) is -0.346. The molecule has 104 valence electrons. The minimum absolute atomic E-state index is 0.0623. The molecule has 19 heavy (non-hydrogen) atoms. The van der Waals surface area contributed by atoms with E-state index in [2.05, 4.69) is 27.9 Å². The molecule has 4 nitrogen and oxygen atoms in total. The van der Waals surface area contributed by atoms with Crippen LogP contribution in [0.4, 0.5) is 0 Å². The number of rotatable bonds is 5. The number of likely N-dealkylation sites (N-methyl/N-ethyl adjacent to an activating group) is 2. The van der Waals surface area contributed by atoms with E-state index in [1.165, 1.54) is 4.90 Å². The van der Waals surface area contributed by atoms with E-state index < -0.39 is 0 Å². The van der Waals surface area contributed by atoms with Gasteiger partial charge in [0.1, 0.15) is 0 Å². The maximum Gasteiger partial charge on any atom is 0.254 e. The molecule has 0 aliphatic carbocycles. The molecule has 0 aliphatic heterocycles. The molecule has 0 spiro atoms. The lowest BCUT2D eigenvalue weighted by Crippen LogP contribution is -2.40. The van der Waals surface area contributed by atoms with Crippen molar-refractivity contribution in [3.05, 3.63) is 32.4 Å². The van der Waals surface area contributed by atoms with Crippen LogP contribution in [0, 0.1) is 3.57 Å². The van der Waals surface area contributed by atoms with Gasteiger partial charge in [-0.05, 0) is 54.6 Å². The molecule has 1 N–H and O–H groups in total. The standard InChI is InChI=1S/C13H16ClIN2O2/c1-3-16-12(18)8-17(4-2)13(19)9-5-6-11(15)10(14)7-9/h5-7H,3-4,8H2,1-2H3,(H,16,18). The van der Waals surface area contributed by atoms with E-state index >= 15 is 0 Å². The SMILES string of the molecule is CCNC(=O)CN(CC)C(=O)c1ccc(I)c(Cl)c1. The molecule has 1 aromatic carbocycles. The molecule has 1 aromatic rings. The van der Waals surface area contributed by atoms with E-state index in [0.29, 0.717) is 23.7 Å². The molecule has 1 rings (SSSR count). The van der Waals surface area contributed by atoms with E-state index in [9.17, 15) is 9.59 Å². The Kier molecular flexibility index (Phi) is 6.57. The Morgan fingerprint density at radius 2 is 2.05 bits per heavy atom. The number of benzene rings is 1. The van der Waals surface area contributed by atoms with Crippen molar-refractivity contribution in [2.24, 2.45) is 0 Å². The third-order valence-electron chi connectivity index (χ3n) is 2.54. The second-order valence-corrected chi connectivity index (χ2v) is 5.47. The first-order valence-corrected chi connectivity index (χ1v) is 7.46. The van der Waals surface area contributed by atoms with Crippen LogP contribution in [0.2, 0.25) is 5.02 Å². The van der Waals surface area contributed by atoms with Crippen molar-refractivity contribution >= 4 is 46.0 Å². The average molecular weight is 395 g/mol. The van der Waals surface area contributed by atoms with Crippen LogP contribution < -0.4 is 5.32 Å². The highest BCUT2D eigenvalue weighted by Crippen LogP contribution is 2.20. The maximum absolute atomic E-state index is 12.3. The van der Waals surface area contributed by atoms with Crippen LogP contribution in [0.25, 0.3) is 0 Å². The Hall–Kier alpha value is -0.820. The first kappa shape index (κ1) is 16.2. The first-order valence-electron chi connectivity index (χ1n) is 6.00.